The maximum atomic E-state index is 12.4. The first-order valence-electron chi connectivity index (χ1n) is 28.2. The molecule has 0 bridgehead atoms. The number of aliphatic hydroxyl groups is 2. The second kappa shape index (κ2) is 58.3. The Hall–Kier alpha value is -3.99. The zero-order valence-electron chi connectivity index (χ0n) is 44.5. The van der Waals surface area contributed by atoms with Crippen molar-refractivity contribution in [2.75, 3.05) is 6.61 Å². The van der Waals surface area contributed by atoms with E-state index < -0.39 is 12.1 Å². The van der Waals surface area contributed by atoms with Crippen molar-refractivity contribution < 1.29 is 15.0 Å². The smallest absolute Gasteiger partial charge is 0.220 e. The van der Waals surface area contributed by atoms with Crippen LogP contribution in [0.15, 0.2) is 158 Å². The Morgan fingerprint density at radius 3 is 0.957 bits per heavy atom. The Balaban J connectivity index is 3.71. The van der Waals surface area contributed by atoms with Crippen LogP contribution in [0.1, 0.15) is 226 Å². The van der Waals surface area contributed by atoms with E-state index in [1.807, 2.05) is 6.08 Å². The number of hydrogen-bond donors (Lipinski definition) is 3. The molecule has 0 aliphatic heterocycles. The topological polar surface area (TPSA) is 69.6 Å². The molecule has 3 N–H and O–H groups in total. The van der Waals surface area contributed by atoms with Crippen LogP contribution in [0.3, 0.4) is 0 Å². The van der Waals surface area contributed by atoms with Crippen molar-refractivity contribution in [1.82, 2.24) is 5.32 Å². The van der Waals surface area contributed by atoms with Crippen LogP contribution in [0.2, 0.25) is 0 Å². The van der Waals surface area contributed by atoms with Crippen LogP contribution < -0.4 is 5.32 Å². The molecule has 0 saturated heterocycles. The van der Waals surface area contributed by atoms with Gasteiger partial charge in [0.1, 0.15) is 0 Å². The summed E-state index contributed by atoms with van der Waals surface area (Å²) < 4.78 is 0. The summed E-state index contributed by atoms with van der Waals surface area (Å²) in [5, 5.41) is 23.1. The summed E-state index contributed by atoms with van der Waals surface area (Å²) in [5.74, 6) is -0.0947. The first kappa shape index (κ1) is 65.0. The van der Waals surface area contributed by atoms with Crippen molar-refractivity contribution in [3.05, 3.63) is 158 Å². The minimum absolute atomic E-state index is 0.0947. The van der Waals surface area contributed by atoms with Gasteiger partial charge in [0.15, 0.2) is 0 Å². The number of nitrogens with one attached hydrogen (secondary N) is 1. The zero-order chi connectivity index (χ0) is 49.9. The number of unbranched alkanes of at least 4 members (excludes halogenated alkanes) is 18. The Kier molecular flexibility index (Phi) is 55.0. The molecule has 0 aromatic heterocycles. The molecule has 0 heterocycles. The number of carbonyl (C=O) groups excluding carboxylic acids is 1. The van der Waals surface area contributed by atoms with Crippen LogP contribution in [0.5, 0.6) is 0 Å². The molecule has 4 nitrogen and oxygen atoms in total. The fourth-order valence-corrected chi connectivity index (χ4v) is 7.51. The predicted octanol–water partition coefficient (Wildman–Crippen LogP) is 19.0. The molecule has 0 aromatic carbocycles. The SMILES string of the molecule is CC/C=C\C/C=C\C/C=C\C/C=C\C/C=C\C/C=C\C/C=C\C/C=C\C/C=C\C/C=C\C/C=C\C/C=C\CCCCCCC(=O)NC(CO)C(O)/C=C/CCCCCCCCCCCCCCCC. The van der Waals surface area contributed by atoms with Gasteiger partial charge in [-0.05, 0) is 109 Å². The Labute approximate surface area is 426 Å². The number of aliphatic hydroxyl groups excluding tert-OH is 2. The van der Waals surface area contributed by atoms with E-state index in [0.717, 1.165) is 122 Å². The third-order valence-corrected chi connectivity index (χ3v) is 11.8. The molecule has 0 aliphatic carbocycles. The van der Waals surface area contributed by atoms with E-state index in [2.05, 4.69) is 165 Å². The fraction of sp³-hybridized carbons (Fsp3) is 0.585. The number of hydrogen-bond acceptors (Lipinski definition) is 3. The lowest BCUT2D eigenvalue weighted by atomic mass is 10.0. The lowest BCUT2D eigenvalue weighted by molar-refractivity contribution is -0.123. The van der Waals surface area contributed by atoms with E-state index in [-0.39, 0.29) is 12.5 Å². The summed E-state index contributed by atoms with van der Waals surface area (Å²) in [4.78, 5) is 12.4. The molecule has 0 fully saturated rings. The number of carbonyl (C=O) groups is 1. The van der Waals surface area contributed by atoms with E-state index in [0.29, 0.717) is 6.42 Å². The molecule has 388 valence electrons. The maximum Gasteiger partial charge on any atom is 0.220 e. The van der Waals surface area contributed by atoms with E-state index in [9.17, 15) is 15.0 Å². The van der Waals surface area contributed by atoms with Crippen molar-refractivity contribution in [2.24, 2.45) is 0 Å². The van der Waals surface area contributed by atoms with Crippen LogP contribution >= 0.6 is 0 Å². The van der Waals surface area contributed by atoms with Gasteiger partial charge in [-0.1, -0.05) is 268 Å². The molecule has 2 atom stereocenters. The van der Waals surface area contributed by atoms with Crippen LogP contribution in [0.4, 0.5) is 0 Å². The van der Waals surface area contributed by atoms with Gasteiger partial charge in [-0.2, -0.15) is 0 Å². The third-order valence-electron chi connectivity index (χ3n) is 11.8. The maximum absolute atomic E-state index is 12.4. The normalized spacial score (nSPS) is 14.1. The van der Waals surface area contributed by atoms with Crippen LogP contribution in [0, 0.1) is 0 Å². The van der Waals surface area contributed by atoms with E-state index in [1.165, 1.54) is 83.5 Å². The minimum atomic E-state index is -0.861. The van der Waals surface area contributed by atoms with Gasteiger partial charge in [-0.25, -0.2) is 0 Å². The molecule has 0 spiro atoms. The number of rotatable bonds is 49. The first-order chi connectivity index (χ1) is 34.2. The molecule has 69 heavy (non-hydrogen) atoms. The molecule has 0 aliphatic rings. The Bertz CT molecular complexity index is 1490. The molecular formula is C65H105NO3. The molecule has 0 rings (SSSR count). The van der Waals surface area contributed by atoms with Crippen LogP contribution in [-0.4, -0.2) is 34.9 Å². The quantitative estimate of drug-likeness (QED) is 0.0420. The molecule has 0 radical (unpaired) electrons. The minimum Gasteiger partial charge on any atom is -0.394 e. The second-order valence-corrected chi connectivity index (χ2v) is 18.3. The third kappa shape index (κ3) is 54.8. The van der Waals surface area contributed by atoms with Crippen LogP contribution in [-0.2, 0) is 4.79 Å². The largest absolute Gasteiger partial charge is 0.394 e. The van der Waals surface area contributed by atoms with Crippen molar-refractivity contribution in [2.45, 2.75) is 238 Å². The first-order valence-corrected chi connectivity index (χ1v) is 28.2. The molecule has 4 heteroatoms. The van der Waals surface area contributed by atoms with Gasteiger partial charge in [0, 0.05) is 6.42 Å². The van der Waals surface area contributed by atoms with Crippen molar-refractivity contribution in [3.63, 3.8) is 0 Å². The van der Waals surface area contributed by atoms with Gasteiger partial charge < -0.3 is 15.5 Å². The highest BCUT2D eigenvalue weighted by molar-refractivity contribution is 5.76. The second-order valence-electron chi connectivity index (χ2n) is 18.3. The van der Waals surface area contributed by atoms with Gasteiger partial charge in [0.2, 0.25) is 5.91 Å². The standard InChI is InChI=1S/C65H105NO3/c1-3-5-7-9-11-13-15-17-19-21-22-23-24-25-26-27-28-29-30-31-32-33-34-35-36-37-38-39-40-41-42-43-44-45-47-49-51-53-55-57-59-61-65(69)66-63(62-67)64(68)60-58-56-54-52-50-48-46-20-18-16-14-12-10-8-6-4-2/h5,7,11,13,17,19,22-23,25-26,28-29,31-32,34-35,37-38,40-41,43-44,47,49,58,60,63-64,67-68H,3-4,6,8-10,12,14-16,18,20-21,24,27,30,33,36,39,42,45-46,48,50-57,59,61-62H2,1-2H3,(H,66,69)/b7-5-,13-11-,19-17-,23-22-,26-25-,29-28-,32-31-,35-34-,38-37-,41-40-,44-43-,49-47-,60-58+. The van der Waals surface area contributed by atoms with Crippen LogP contribution in [0.25, 0.3) is 0 Å². The van der Waals surface area contributed by atoms with E-state index in [4.69, 9.17) is 0 Å². The Morgan fingerprint density at radius 2 is 0.638 bits per heavy atom. The summed E-state index contributed by atoms with van der Waals surface area (Å²) in [6.45, 7) is 4.17. The van der Waals surface area contributed by atoms with E-state index >= 15 is 0 Å². The molecular weight excluding hydrogens is 843 g/mol. The fourth-order valence-electron chi connectivity index (χ4n) is 7.51. The van der Waals surface area contributed by atoms with Gasteiger partial charge in [-0.3, -0.25) is 4.79 Å². The predicted molar refractivity (Wildman–Crippen MR) is 308 cm³/mol. The summed E-state index contributed by atoms with van der Waals surface area (Å²) in [7, 11) is 0. The molecule has 1 amide bonds. The van der Waals surface area contributed by atoms with Gasteiger partial charge >= 0.3 is 0 Å². The van der Waals surface area contributed by atoms with E-state index in [1.54, 1.807) is 6.08 Å². The summed E-state index contributed by atoms with van der Waals surface area (Å²) in [6.07, 6.45) is 93.9. The highest BCUT2D eigenvalue weighted by atomic mass is 16.3. The highest BCUT2D eigenvalue weighted by Crippen LogP contribution is 2.14. The van der Waals surface area contributed by atoms with Crippen molar-refractivity contribution in [3.8, 4) is 0 Å². The summed E-state index contributed by atoms with van der Waals surface area (Å²) in [6, 6.07) is -0.647. The highest BCUT2D eigenvalue weighted by Gasteiger charge is 2.17. The van der Waals surface area contributed by atoms with Crippen molar-refractivity contribution in [1.29, 1.82) is 0 Å². The molecule has 2 unspecified atom stereocenters. The Morgan fingerprint density at radius 1 is 0.362 bits per heavy atom. The average Bonchev–Trinajstić information content (AvgIpc) is 3.35. The average molecular weight is 949 g/mol. The van der Waals surface area contributed by atoms with Gasteiger partial charge in [0.25, 0.3) is 0 Å². The zero-order valence-corrected chi connectivity index (χ0v) is 44.5. The number of allylic oxidation sites excluding steroid dienone is 25. The molecule has 0 aromatic rings. The summed E-state index contributed by atoms with van der Waals surface area (Å²) >= 11 is 0. The monoisotopic (exact) mass is 948 g/mol. The lowest BCUT2D eigenvalue weighted by Crippen LogP contribution is -2.45. The van der Waals surface area contributed by atoms with Gasteiger partial charge in [-0.15, -0.1) is 0 Å². The summed E-state index contributed by atoms with van der Waals surface area (Å²) in [5.41, 5.74) is 0. The van der Waals surface area contributed by atoms with Crippen molar-refractivity contribution >= 4 is 5.91 Å². The number of amides is 1. The lowest BCUT2D eigenvalue weighted by Gasteiger charge is -2.20. The molecule has 0 saturated carbocycles. The van der Waals surface area contributed by atoms with Gasteiger partial charge in [0.05, 0.1) is 18.8 Å².